The van der Waals surface area contributed by atoms with Gasteiger partial charge in [0.25, 0.3) is 11.8 Å². The molecule has 0 unspecified atom stereocenters. The summed E-state index contributed by atoms with van der Waals surface area (Å²) in [6.45, 7) is 2.84. The SMILES string of the molecule is Cc1ccccc1NC(=S)N1CCc2c(sc(NC(=O)c3ccccc3C(F)(F)F)c2C(N)=O)C1. The van der Waals surface area contributed by atoms with Gasteiger partial charge in [-0.2, -0.15) is 13.2 Å². The Morgan fingerprint density at radius 1 is 1.09 bits per heavy atom. The van der Waals surface area contributed by atoms with E-state index in [0.717, 1.165) is 39.6 Å². The van der Waals surface area contributed by atoms with E-state index >= 15 is 0 Å². The quantitative estimate of drug-likeness (QED) is 0.414. The number of hydrogen-bond acceptors (Lipinski definition) is 4. The molecule has 4 rings (SSSR count). The van der Waals surface area contributed by atoms with Crippen LogP contribution in [0.1, 0.15) is 42.3 Å². The molecule has 2 aromatic carbocycles. The summed E-state index contributed by atoms with van der Waals surface area (Å²) in [6, 6.07) is 12.2. The summed E-state index contributed by atoms with van der Waals surface area (Å²) in [7, 11) is 0. The predicted molar refractivity (Wildman–Crippen MR) is 134 cm³/mol. The Kier molecular flexibility index (Phi) is 6.82. The molecule has 0 saturated carbocycles. The molecule has 6 nitrogen and oxygen atoms in total. The number of alkyl halides is 3. The van der Waals surface area contributed by atoms with Gasteiger partial charge in [0, 0.05) is 17.1 Å². The zero-order valence-corrected chi connectivity index (χ0v) is 20.2. The average molecular weight is 519 g/mol. The number of aryl methyl sites for hydroxylation is 1. The van der Waals surface area contributed by atoms with Crippen LogP contribution in [0.25, 0.3) is 0 Å². The first-order valence-electron chi connectivity index (χ1n) is 10.6. The number of primary amides is 1. The predicted octanol–water partition coefficient (Wildman–Crippen LogP) is 5.18. The topological polar surface area (TPSA) is 87.5 Å². The van der Waals surface area contributed by atoms with E-state index < -0.39 is 29.1 Å². The van der Waals surface area contributed by atoms with E-state index in [1.807, 2.05) is 36.1 Å². The molecule has 0 atom stereocenters. The molecule has 1 aliphatic heterocycles. The smallest absolute Gasteiger partial charge is 0.365 e. The van der Waals surface area contributed by atoms with Crippen LogP contribution in [0.5, 0.6) is 0 Å². The molecule has 4 N–H and O–H groups in total. The fourth-order valence-corrected chi connectivity index (χ4v) is 5.46. The van der Waals surface area contributed by atoms with Gasteiger partial charge in [-0.3, -0.25) is 9.59 Å². The molecule has 35 heavy (non-hydrogen) atoms. The Morgan fingerprint density at radius 2 is 1.77 bits per heavy atom. The fraction of sp³-hybridized carbons (Fsp3) is 0.208. The van der Waals surface area contributed by atoms with Crippen molar-refractivity contribution in [2.45, 2.75) is 26.1 Å². The van der Waals surface area contributed by atoms with Crippen LogP contribution in [-0.4, -0.2) is 28.4 Å². The lowest BCUT2D eigenvalue weighted by Crippen LogP contribution is -2.38. The molecule has 3 aromatic rings. The molecule has 182 valence electrons. The van der Waals surface area contributed by atoms with Crippen molar-refractivity contribution in [1.29, 1.82) is 0 Å². The van der Waals surface area contributed by atoms with Crippen molar-refractivity contribution >= 4 is 51.2 Å². The van der Waals surface area contributed by atoms with Crippen LogP contribution >= 0.6 is 23.6 Å². The molecule has 0 aliphatic carbocycles. The lowest BCUT2D eigenvalue weighted by Gasteiger charge is -2.30. The van der Waals surface area contributed by atoms with Crippen molar-refractivity contribution in [3.63, 3.8) is 0 Å². The molecule has 0 spiro atoms. The molecule has 0 radical (unpaired) electrons. The number of nitrogens with zero attached hydrogens (tertiary/aromatic N) is 1. The number of amides is 2. The number of benzene rings is 2. The fourth-order valence-electron chi connectivity index (χ4n) is 3.93. The number of hydrogen-bond donors (Lipinski definition) is 3. The summed E-state index contributed by atoms with van der Waals surface area (Å²) in [4.78, 5) is 27.7. The zero-order valence-electron chi connectivity index (χ0n) is 18.5. The summed E-state index contributed by atoms with van der Waals surface area (Å²) in [5.74, 6) is -1.72. The van der Waals surface area contributed by atoms with Crippen LogP contribution in [-0.2, 0) is 19.1 Å². The van der Waals surface area contributed by atoms with E-state index in [1.165, 1.54) is 12.1 Å². The second-order valence-corrected chi connectivity index (χ2v) is 9.48. The first-order valence-corrected chi connectivity index (χ1v) is 11.8. The lowest BCUT2D eigenvalue weighted by atomic mass is 10.0. The van der Waals surface area contributed by atoms with Crippen molar-refractivity contribution in [2.24, 2.45) is 5.73 Å². The van der Waals surface area contributed by atoms with E-state index in [4.69, 9.17) is 18.0 Å². The third kappa shape index (κ3) is 5.15. The van der Waals surface area contributed by atoms with Gasteiger partial charge < -0.3 is 21.3 Å². The Morgan fingerprint density at radius 3 is 2.46 bits per heavy atom. The van der Waals surface area contributed by atoms with Gasteiger partial charge in [0.15, 0.2) is 5.11 Å². The summed E-state index contributed by atoms with van der Waals surface area (Å²) < 4.78 is 40.1. The third-order valence-electron chi connectivity index (χ3n) is 5.68. The largest absolute Gasteiger partial charge is 0.417 e. The van der Waals surface area contributed by atoms with Gasteiger partial charge in [-0.05, 0) is 54.9 Å². The number of anilines is 2. The number of halogens is 3. The number of nitrogens with two attached hydrogens (primary N) is 1. The van der Waals surface area contributed by atoms with Crippen LogP contribution in [0.4, 0.5) is 23.9 Å². The highest BCUT2D eigenvalue weighted by atomic mass is 32.1. The normalized spacial score (nSPS) is 13.2. The van der Waals surface area contributed by atoms with Crippen LogP contribution < -0.4 is 16.4 Å². The Labute approximate surface area is 208 Å². The first kappa shape index (κ1) is 24.7. The van der Waals surface area contributed by atoms with Crippen molar-refractivity contribution in [1.82, 2.24) is 4.90 Å². The first-order chi connectivity index (χ1) is 16.6. The van der Waals surface area contributed by atoms with Crippen molar-refractivity contribution in [3.8, 4) is 0 Å². The van der Waals surface area contributed by atoms with Crippen molar-refractivity contribution in [2.75, 3.05) is 17.2 Å². The maximum atomic E-state index is 13.4. The van der Waals surface area contributed by atoms with Crippen LogP contribution in [0, 0.1) is 6.92 Å². The molecule has 0 bridgehead atoms. The lowest BCUT2D eigenvalue weighted by molar-refractivity contribution is -0.137. The molecule has 0 saturated heterocycles. The van der Waals surface area contributed by atoms with Gasteiger partial charge in [-0.1, -0.05) is 30.3 Å². The van der Waals surface area contributed by atoms with Crippen molar-refractivity contribution < 1.29 is 22.8 Å². The van der Waals surface area contributed by atoms with E-state index in [0.29, 0.717) is 30.2 Å². The number of fused-ring (bicyclic) bond motifs is 1. The van der Waals surface area contributed by atoms with Gasteiger partial charge in [0.05, 0.1) is 23.2 Å². The van der Waals surface area contributed by atoms with Crippen LogP contribution in [0.2, 0.25) is 0 Å². The summed E-state index contributed by atoms with van der Waals surface area (Å²) in [6.07, 6.45) is -4.26. The summed E-state index contributed by atoms with van der Waals surface area (Å²) >= 11 is 6.68. The number of para-hydroxylation sites is 1. The van der Waals surface area contributed by atoms with Crippen molar-refractivity contribution in [3.05, 3.63) is 81.2 Å². The van der Waals surface area contributed by atoms with Gasteiger partial charge in [0.1, 0.15) is 5.00 Å². The van der Waals surface area contributed by atoms with E-state index in [1.54, 1.807) is 0 Å². The minimum atomic E-state index is -4.70. The summed E-state index contributed by atoms with van der Waals surface area (Å²) in [5.41, 5.74) is 6.71. The van der Waals surface area contributed by atoms with E-state index in [-0.39, 0.29) is 10.6 Å². The molecular weight excluding hydrogens is 497 g/mol. The van der Waals surface area contributed by atoms with E-state index in [2.05, 4.69) is 10.6 Å². The maximum absolute atomic E-state index is 13.4. The highest BCUT2D eigenvalue weighted by molar-refractivity contribution is 7.80. The average Bonchev–Trinajstić information content (AvgIpc) is 3.17. The second-order valence-electron chi connectivity index (χ2n) is 7.99. The van der Waals surface area contributed by atoms with Crippen LogP contribution in [0.3, 0.4) is 0 Å². The van der Waals surface area contributed by atoms with Crippen LogP contribution in [0.15, 0.2) is 48.5 Å². The number of nitrogens with one attached hydrogen (secondary N) is 2. The number of rotatable bonds is 4. The van der Waals surface area contributed by atoms with E-state index in [9.17, 15) is 22.8 Å². The molecule has 2 heterocycles. The Hall–Kier alpha value is -3.44. The monoisotopic (exact) mass is 518 g/mol. The zero-order chi connectivity index (χ0) is 25.3. The van der Waals surface area contributed by atoms with Gasteiger partial charge in [-0.15, -0.1) is 11.3 Å². The molecule has 11 heteroatoms. The number of thiocarbonyl (C=S) groups is 1. The Bertz CT molecular complexity index is 1320. The molecular formula is C24H21F3N4O2S2. The second kappa shape index (κ2) is 9.67. The third-order valence-corrected chi connectivity index (χ3v) is 7.17. The number of thiophene rings is 1. The minimum Gasteiger partial charge on any atom is -0.365 e. The minimum absolute atomic E-state index is 0.125. The number of carbonyl (C=O) groups excluding carboxylic acids is 2. The molecule has 1 aromatic heterocycles. The molecule has 2 amide bonds. The summed E-state index contributed by atoms with van der Waals surface area (Å²) in [5, 5.41) is 6.34. The van der Waals surface area contributed by atoms with Gasteiger partial charge in [0.2, 0.25) is 0 Å². The Balaban J connectivity index is 1.58. The highest BCUT2D eigenvalue weighted by Crippen LogP contribution is 2.38. The van der Waals surface area contributed by atoms with Gasteiger partial charge in [-0.25, -0.2) is 0 Å². The number of carbonyl (C=O) groups is 2. The maximum Gasteiger partial charge on any atom is 0.417 e. The molecule has 0 fully saturated rings. The van der Waals surface area contributed by atoms with Gasteiger partial charge >= 0.3 is 6.18 Å². The molecule has 1 aliphatic rings. The standard InChI is InChI=1S/C24H21F3N4O2S2/c1-13-6-2-5-9-17(13)29-23(34)31-11-10-15-18(12-31)35-22(19(15)20(28)32)30-21(33)14-7-3-4-8-16(14)24(25,26)27/h2-9H,10-12H2,1H3,(H2,28,32)(H,29,34)(H,30,33). The highest BCUT2D eigenvalue weighted by Gasteiger charge is 2.35.